The van der Waals surface area contributed by atoms with Crippen molar-refractivity contribution in [3.05, 3.63) is 34.9 Å². The number of benzene rings is 1. The standard InChI is InChI=1S/C14H19ClF3N3O/c1-19-13(20-7-2-8-22-10-14(16,17)18)21-9-11-3-5-12(15)6-4-11/h3-6H,2,7-10H2,1H3,(H2,19,20,21). The van der Waals surface area contributed by atoms with Crippen molar-refractivity contribution in [1.82, 2.24) is 10.6 Å². The van der Waals surface area contributed by atoms with Crippen LogP contribution in [0.15, 0.2) is 29.3 Å². The molecule has 0 aliphatic rings. The van der Waals surface area contributed by atoms with E-state index >= 15 is 0 Å². The van der Waals surface area contributed by atoms with Gasteiger partial charge in [-0.05, 0) is 24.1 Å². The Kier molecular flexibility index (Phi) is 8.05. The van der Waals surface area contributed by atoms with Crippen molar-refractivity contribution in [2.24, 2.45) is 4.99 Å². The van der Waals surface area contributed by atoms with Gasteiger partial charge in [0.05, 0.1) is 0 Å². The van der Waals surface area contributed by atoms with Crippen LogP contribution < -0.4 is 10.6 Å². The molecule has 0 aliphatic heterocycles. The number of halogens is 4. The summed E-state index contributed by atoms with van der Waals surface area (Å²) in [4.78, 5) is 4.03. The Labute approximate surface area is 132 Å². The summed E-state index contributed by atoms with van der Waals surface area (Å²) in [6.45, 7) is -0.128. The topological polar surface area (TPSA) is 45.7 Å². The lowest BCUT2D eigenvalue weighted by Gasteiger charge is -2.12. The third-order valence-corrected chi connectivity index (χ3v) is 2.87. The fourth-order valence-corrected chi connectivity index (χ4v) is 1.70. The fraction of sp³-hybridized carbons (Fsp3) is 0.500. The quantitative estimate of drug-likeness (QED) is 0.457. The molecule has 0 saturated carbocycles. The summed E-state index contributed by atoms with van der Waals surface area (Å²) in [6, 6.07) is 7.39. The maximum atomic E-state index is 11.9. The lowest BCUT2D eigenvalue weighted by atomic mass is 10.2. The average Bonchev–Trinajstić information content (AvgIpc) is 2.46. The van der Waals surface area contributed by atoms with Gasteiger partial charge < -0.3 is 15.4 Å². The van der Waals surface area contributed by atoms with Crippen molar-refractivity contribution < 1.29 is 17.9 Å². The summed E-state index contributed by atoms with van der Waals surface area (Å²) in [7, 11) is 1.62. The third kappa shape index (κ3) is 8.74. The zero-order chi connectivity index (χ0) is 16.4. The van der Waals surface area contributed by atoms with E-state index in [2.05, 4.69) is 20.4 Å². The van der Waals surface area contributed by atoms with E-state index < -0.39 is 12.8 Å². The van der Waals surface area contributed by atoms with E-state index in [4.69, 9.17) is 11.6 Å². The van der Waals surface area contributed by atoms with Gasteiger partial charge >= 0.3 is 6.18 Å². The van der Waals surface area contributed by atoms with Gasteiger partial charge in [-0.1, -0.05) is 23.7 Å². The first kappa shape index (κ1) is 18.6. The first-order valence-electron chi connectivity index (χ1n) is 6.74. The number of aliphatic imine (C=N–C) groups is 1. The van der Waals surface area contributed by atoms with Gasteiger partial charge in [0, 0.05) is 31.8 Å². The first-order chi connectivity index (χ1) is 10.4. The summed E-state index contributed by atoms with van der Waals surface area (Å²) in [6.07, 6.45) is -3.82. The molecule has 0 fully saturated rings. The molecule has 0 radical (unpaired) electrons. The van der Waals surface area contributed by atoms with E-state index in [1.165, 1.54) is 0 Å². The van der Waals surface area contributed by atoms with Gasteiger partial charge in [0.25, 0.3) is 0 Å². The number of rotatable bonds is 7. The number of alkyl halides is 3. The predicted molar refractivity (Wildman–Crippen MR) is 81.1 cm³/mol. The molecular weight excluding hydrogens is 319 g/mol. The second-order valence-corrected chi connectivity index (χ2v) is 4.94. The van der Waals surface area contributed by atoms with Gasteiger partial charge in [0.1, 0.15) is 6.61 Å². The molecule has 0 heterocycles. The van der Waals surface area contributed by atoms with Crippen molar-refractivity contribution in [3.8, 4) is 0 Å². The van der Waals surface area contributed by atoms with Crippen LogP contribution in [0.5, 0.6) is 0 Å². The van der Waals surface area contributed by atoms with E-state index in [-0.39, 0.29) is 6.61 Å². The minimum absolute atomic E-state index is 0.0423. The summed E-state index contributed by atoms with van der Waals surface area (Å²) in [5.41, 5.74) is 1.04. The fourth-order valence-electron chi connectivity index (χ4n) is 1.58. The highest BCUT2D eigenvalue weighted by molar-refractivity contribution is 6.30. The molecule has 4 nitrogen and oxygen atoms in total. The first-order valence-corrected chi connectivity index (χ1v) is 7.12. The van der Waals surface area contributed by atoms with E-state index in [1.54, 1.807) is 19.2 Å². The Morgan fingerprint density at radius 3 is 2.50 bits per heavy atom. The zero-order valence-corrected chi connectivity index (χ0v) is 13.0. The van der Waals surface area contributed by atoms with Crippen LogP contribution in [0.1, 0.15) is 12.0 Å². The molecule has 0 aliphatic carbocycles. The minimum atomic E-state index is -4.27. The third-order valence-electron chi connectivity index (χ3n) is 2.62. The molecule has 0 saturated heterocycles. The van der Waals surface area contributed by atoms with Crippen LogP contribution in [-0.4, -0.2) is 38.9 Å². The monoisotopic (exact) mass is 337 g/mol. The van der Waals surface area contributed by atoms with Crippen LogP contribution in [0.25, 0.3) is 0 Å². The minimum Gasteiger partial charge on any atom is -0.372 e. The number of ether oxygens (including phenoxy) is 1. The van der Waals surface area contributed by atoms with Crippen LogP contribution in [0.3, 0.4) is 0 Å². The van der Waals surface area contributed by atoms with E-state index in [0.717, 1.165) is 5.56 Å². The van der Waals surface area contributed by atoms with Gasteiger partial charge in [-0.3, -0.25) is 4.99 Å². The molecule has 0 bridgehead atoms. The lowest BCUT2D eigenvalue weighted by Crippen LogP contribution is -2.37. The normalized spacial score (nSPS) is 12.3. The SMILES string of the molecule is CN=C(NCCCOCC(F)(F)F)NCc1ccc(Cl)cc1. The molecular formula is C14H19ClF3N3O. The van der Waals surface area contributed by atoms with E-state index in [1.807, 2.05) is 12.1 Å². The number of hydrogen-bond acceptors (Lipinski definition) is 2. The van der Waals surface area contributed by atoms with Crippen molar-refractivity contribution in [2.45, 2.75) is 19.1 Å². The van der Waals surface area contributed by atoms with Crippen LogP contribution >= 0.6 is 11.6 Å². The molecule has 22 heavy (non-hydrogen) atoms. The molecule has 8 heteroatoms. The second-order valence-electron chi connectivity index (χ2n) is 4.50. The van der Waals surface area contributed by atoms with Crippen LogP contribution in [-0.2, 0) is 11.3 Å². The number of hydrogen-bond donors (Lipinski definition) is 2. The van der Waals surface area contributed by atoms with Crippen LogP contribution in [0.2, 0.25) is 5.02 Å². The molecule has 1 aromatic carbocycles. The maximum Gasteiger partial charge on any atom is 0.411 e. The van der Waals surface area contributed by atoms with Crippen LogP contribution in [0.4, 0.5) is 13.2 Å². The molecule has 0 aromatic heterocycles. The highest BCUT2D eigenvalue weighted by Gasteiger charge is 2.27. The average molecular weight is 338 g/mol. The molecule has 0 unspecified atom stereocenters. The summed E-state index contributed by atoms with van der Waals surface area (Å²) >= 11 is 5.80. The Morgan fingerprint density at radius 2 is 1.91 bits per heavy atom. The van der Waals surface area contributed by atoms with Gasteiger partial charge in [0.15, 0.2) is 5.96 Å². The summed E-state index contributed by atoms with van der Waals surface area (Å²) in [5.74, 6) is 0.575. The predicted octanol–water partition coefficient (Wildman–Crippen LogP) is 2.97. The molecule has 1 rings (SSSR count). The Hall–Kier alpha value is -1.47. The van der Waals surface area contributed by atoms with Crippen molar-refractivity contribution in [2.75, 3.05) is 26.8 Å². The lowest BCUT2D eigenvalue weighted by molar-refractivity contribution is -0.173. The highest BCUT2D eigenvalue weighted by Crippen LogP contribution is 2.14. The van der Waals surface area contributed by atoms with Gasteiger partial charge in [-0.15, -0.1) is 0 Å². The van der Waals surface area contributed by atoms with Crippen LogP contribution in [0, 0.1) is 0 Å². The van der Waals surface area contributed by atoms with E-state index in [0.29, 0.717) is 30.5 Å². The van der Waals surface area contributed by atoms with Gasteiger partial charge in [-0.25, -0.2) is 0 Å². The smallest absolute Gasteiger partial charge is 0.372 e. The number of nitrogens with one attached hydrogen (secondary N) is 2. The van der Waals surface area contributed by atoms with E-state index in [9.17, 15) is 13.2 Å². The van der Waals surface area contributed by atoms with Crippen molar-refractivity contribution in [1.29, 1.82) is 0 Å². The molecule has 124 valence electrons. The molecule has 0 amide bonds. The number of guanidine groups is 1. The molecule has 0 atom stereocenters. The summed E-state index contributed by atoms with van der Waals surface area (Å²) in [5, 5.41) is 6.77. The Balaban J connectivity index is 2.16. The molecule has 1 aromatic rings. The highest BCUT2D eigenvalue weighted by atomic mass is 35.5. The van der Waals surface area contributed by atoms with Crippen molar-refractivity contribution >= 4 is 17.6 Å². The second kappa shape index (κ2) is 9.53. The Morgan fingerprint density at radius 1 is 1.23 bits per heavy atom. The van der Waals surface area contributed by atoms with Crippen molar-refractivity contribution in [3.63, 3.8) is 0 Å². The maximum absolute atomic E-state index is 11.9. The largest absolute Gasteiger partial charge is 0.411 e. The Bertz CT molecular complexity index is 463. The summed E-state index contributed by atoms with van der Waals surface area (Å²) < 4.78 is 40.1. The zero-order valence-electron chi connectivity index (χ0n) is 12.2. The molecule has 2 N–H and O–H groups in total. The molecule has 0 spiro atoms. The van der Waals surface area contributed by atoms with Gasteiger partial charge in [-0.2, -0.15) is 13.2 Å². The number of nitrogens with zero attached hydrogens (tertiary/aromatic N) is 1. The van der Waals surface area contributed by atoms with Gasteiger partial charge in [0.2, 0.25) is 0 Å².